The van der Waals surface area contributed by atoms with E-state index in [1.165, 1.54) is 23.4 Å². The minimum atomic E-state index is -0.522. The van der Waals surface area contributed by atoms with E-state index in [1.807, 2.05) is 6.26 Å². The number of aromatic amines is 1. The standard InChI is InChI=1S/C15H15N5O3S/c1-7-10-9(11(8(2)16-7)13(22)23-3)5-6-20(12(10)21)14-17-15(24-4)19-18-14/h5-6H,1-4H3,(H,17,18,19). The Morgan fingerprint density at radius 3 is 2.67 bits per heavy atom. The molecule has 9 heteroatoms. The molecule has 0 bridgehead atoms. The number of thioether (sulfide) groups is 1. The van der Waals surface area contributed by atoms with Crippen molar-refractivity contribution in [3.05, 3.63) is 39.6 Å². The van der Waals surface area contributed by atoms with Gasteiger partial charge in [-0.15, -0.1) is 5.10 Å². The van der Waals surface area contributed by atoms with Gasteiger partial charge in [-0.25, -0.2) is 9.89 Å². The number of hydrogen-bond donors (Lipinski definition) is 1. The smallest absolute Gasteiger partial charge is 0.340 e. The molecule has 124 valence electrons. The van der Waals surface area contributed by atoms with Crippen molar-refractivity contribution in [3.63, 3.8) is 0 Å². The molecule has 0 aliphatic heterocycles. The molecule has 24 heavy (non-hydrogen) atoms. The molecule has 0 atom stereocenters. The third-order valence-electron chi connectivity index (χ3n) is 3.67. The molecular formula is C15H15N5O3S. The number of nitrogens with one attached hydrogen (secondary N) is 1. The van der Waals surface area contributed by atoms with E-state index in [-0.39, 0.29) is 5.56 Å². The molecule has 0 fully saturated rings. The molecule has 0 unspecified atom stereocenters. The SMILES string of the molecule is COC(=O)c1c(C)nc(C)c2c(=O)n(-c3nc(SC)n[nH]3)ccc12. The summed E-state index contributed by atoms with van der Waals surface area (Å²) < 4.78 is 6.17. The van der Waals surface area contributed by atoms with Crippen LogP contribution in [0.15, 0.2) is 22.2 Å². The largest absolute Gasteiger partial charge is 0.465 e. The summed E-state index contributed by atoms with van der Waals surface area (Å²) in [5, 5.41) is 8.13. The Morgan fingerprint density at radius 2 is 2.04 bits per heavy atom. The van der Waals surface area contributed by atoms with Gasteiger partial charge >= 0.3 is 5.97 Å². The first kappa shape index (κ1) is 16.2. The summed E-state index contributed by atoms with van der Waals surface area (Å²) in [7, 11) is 1.30. The maximum Gasteiger partial charge on any atom is 0.340 e. The van der Waals surface area contributed by atoms with Crippen LogP contribution in [0.1, 0.15) is 21.7 Å². The third-order valence-corrected chi connectivity index (χ3v) is 4.22. The molecule has 0 aliphatic carbocycles. The van der Waals surface area contributed by atoms with Gasteiger partial charge in [0, 0.05) is 11.6 Å². The number of aromatic nitrogens is 5. The van der Waals surface area contributed by atoms with Gasteiger partial charge in [-0.2, -0.15) is 4.98 Å². The monoisotopic (exact) mass is 345 g/mol. The number of pyridine rings is 2. The molecule has 0 spiro atoms. The first-order valence-electron chi connectivity index (χ1n) is 7.05. The molecule has 0 radical (unpaired) electrons. The Labute approximate surface area is 141 Å². The van der Waals surface area contributed by atoms with Gasteiger partial charge in [0.15, 0.2) is 0 Å². The zero-order valence-electron chi connectivity index (χ0n) is 13.6. The summed E-state index contributed by atoms with van der Waals surface area (Å²) in [5.41, 5.74) is 1.03. The highest BCUT2D eigenvalue weighted by atomic mass is 32.2. The number of rotatable bonds is 3. The molecule has 1 N–H and O–H groups in total. The second kappa shape index (κ2) is 6.08. The predicted molar refractivity (Wildman–Crippen MR) is 89.9 cm³/mol. The van der Waals surface area contributed by atoms with Gasteiger partial charge in [-0.3, -0.25) is 14.3 Å². The lowest BCUT2D eigenvalue weighted by molar-refractivity contribution is 0.0601. The zero-order chi connectivity index (χ0) is 17.4. The molecule has 3 aromatic heterocycles. The highest BCUT2D eigenvalue weighted by Gasteiger charge is 2.20. The first-order chi connectivity index (χ1) is 11.5. The number of H-pyrrole nitrogens is 1. The maximum absolute atomic E-state index is 12.9. The van der Waals surface area contributed by atoms with Crippen LogP contribution in [0.5, 0.6) is 0 Å². The number of carbonyl (C=O) groups is 1. The summed E-state index contributed by atoms with van der Waals surface area (Å²) in [5.74, 6) is -0.211. The molecular weight excluding hydrogens is 330 g/mol. The maximum atomic E-state index is 12.9. The number of esters is 1. The second-order valence-electron chi connectivity index (χ2n) is 5.07. The summed E-state index contributed by atoms with van der Waals surface area (Å²) in [6.45, 7) is 3.45. The molecule has 8 nitrogen and oxygen atoms in total. The van der Waals surface area contributed by atoms with Gasteiger partial charge < -0.3 is 4.74 Å². The van der Waals surface area contributed by atoms with Crippen LogP contribution < -0.4 is 5.56 Å². The zero-order valence-corrected chi connectivity index (χ0v) is 14.4. The van der Waals surface area contributed by atoms with Crippen molar-refractivity contribution in [2.45, 2.75) is 19.0 Å². The van der Waals surface area contributed by atoms with E-state index in [0.29, 0.717) is 38.8 Å². The van der Waals surface area contributed by atoms with Crippen molar-refractivity contribution < 1.29 is 9.53 Å². The molecule has 3 aromatic rings. The Hall–Kier alpha value is -2.68. The fourth-order valence-corrected chi connectivity index (χ4v) is 2.93. The predicted octanol–water partition coefficient (Wildman–Crippen LogP) is 1.63. The van der Waals surface area contributed by atoms with Gasteiger partial charge in [-0.1, -0.05) is 11.8 Å². The average molecular weight is 345 g/mol. The van der Waals surface area contributed by atoms with Crippen LogP contribution in [-0.2, 0) is 4.74 Å². The summed E-state index contributed by atoms with van der Waals surface area (Å²) in [6, 6.07) is 1.69. The van der Waals surface area contributed by atoms with E-state index in [9.17, 15) is 9.59 Å². The molecule has 0 aliphatic rings. The van der Waals surface area contributed by atoms with Crippen LogP contribution in [0, 0.1) is 13.8 Å². The molecule has 0 aromatic carbocycles. The van der Waals surface area contributed by atoms with E-state index in [2.05, 4.69) is 20.2 Å². The molecule has 0 amide bonds. The van der Waals surface area contributed by atoms with Crippen LogP contribution in [0.3, 0.4) is 0 Å². The Morgan fingerprint density at radius 1 is 1.29 bits per heavy atom. The number of methoxy groups -OCH3 is 1. The topological polar surface area (TPSA) is 103 Å². The van der Waals surface area contributed by atoms with E-state index in [1.54, 1.807) is 26.1 Å². The lowest BCUT2D eigenvalue weighted by Gasteiger charge is -2.11. The third kappa shape index (κ3) is 2.46. The highest BCUT2D eigenvalue weighted by Crippen LogP contribution is 2.22. The van der Waals surface area contributed by atoms with Crippen molar-refractivity contribution in [1.82, 2.24) is 24.7 Å². The van der Waals surface area contributed by atoms with Crippen LogP contribution in [0.2, 0.25) is 0 Å². The van der Waals surface area contributed by atoms with Gasteiger partial charge in [0.05, 0.1) is 29.4 Å². The van der Waals surface area contributed by atoms with Gasteiger partial charge in [0.1, 0.15) is 0 Å². The Kier molecular flexibility index (Phi) is 4.10. The normalized spacial score (nSPS) is 11.0. The Balaban J connectivity index is 2.33. The van der Waals surface area contributed by atoms with Crippen LogP contribution in [-0.4, -0.2) is 44.1 Å². The van der Waals surface area contributed by atoms with E-state index in [0.717, 1.165) is 0 Å². The number of nitrogens with zero attached hydrogens (tertiary/aromatic N) is 4. The van der Waals surface area contributed by atoms with E-state index < -0.39 is 5.97 Å². The fraction of sp³-hybridized carbons (Fsp3) is 0.267. The van der Waals surface area contributed by atoms with Crippen LogP contribution >= 0.6 is 11.8 Å². The van der Waals surface area contributed by atoms with Gasteiger partial charge in [0.25, 0.3) is 5.56 Å². The second-order valence-corrected chi connectivity index (χ2v) is 5.85. The molecule has 0 saturated heterocycles. The van der Waals surface area contributed by atoms with Crippen molar-refractivity contribution in [2.75, 3.05) is 13.4 Å². The molecule has 3 heterocycles. The van der Waals surface area contributed by atoms with Gasteiger partial charge in [0.2, 0.25) is 11.1 Å². The van der Waals surface area contributed by atoms with Crippen molar-refractivity contribution in [1.29, 1.82) is 0 Å². The van der Waals surface area contributed by atoms with E-state index >= 15 is 0 Å². The van der Waals surface area contributed by atoms with Crippen molar-refractivity contribution >= 4 is 28.5 Å². The minimum Gasteiger partial charge on any atom is -0.465 e. The van der Waals surface area contributed by atoms with Gasteiger partial charge in [-0.05, 0) is 26.2 Å². The van der Waals surface area contributed by atoms with E-state index in [4.69, 9.17) is 4.74 Å². The Bertz CT molecular complexity index is 1010. The summed E-state index contributed by atoms with van der Waals surface area (Å²) in [6.07, 6.45) is 3.40. The van der Waals surface area contributed by atoms with Crippen LogP contribution in [0.25, 0.3) is 16.7 Å². The first-order valence-corrected chi connectivity index (χ1v) is 8.28. The number of fused-ring (bicyclic) bond motifs is 1. The number of aryl methyl sites for hydroxylation is 2. The summed E-state index contributed by atoms with van der Waals surface area (Å²) in [4.78, 5) is 33.5. The number of carbonyl (C=O) groups excluding carboxylic acids is 1. The molecule has 0 saturated carbocycles. The van der Waals surface area contributed by atoms with Crippen molar-refractivity contribution in [3.8, 4) is 5.95 Å². The fourth-order valence-electron chi connectivity index (χ4n) is 2.62. The van der Waals surface area contributed by atoms with Crippen molar-refractivity contribution in [2.24, 2.45) is 0 Å². The summed E-state index contributed by atoms with van der Waals surface area (Å²) >= 11 is 1.37. The molecule has 3 rings (SSSR count). The quantitative estimate of drug-likeness (QED) is 0.568. The lowest BCUT2D eigenvalue weighted by Crippen LogP contribution is -2.21. The number of hydrogen-bond acceptors (Lipinski definition) is 7. The van der Waals surface area contributed by atoms with Crippen LogP contribution in [0.4, 0.5) is 0 Å². The highest BCUT2D eigenvalue weighted by molar-refractivity contribution is 7.98. The number of ether oxygens (including phenoxy) is 1. The average Bonchev–Trinajstić information content (AvgIpc) is 3.03. The lowest BCUT2D eigenvalue weighted by atomic mass is 10.0. The minimum absolute atomic E-state index is 0.296.